The molecule has 0 aliphatic carbocycles. The van der Waals surface area contributed by atoms with E-state index in [1.165, 1.54) is 30.4 Å². The largest absolute Gasteiger partial charge is 0.381 e. The predicted molar refractivity (Wildman–Crippen MR) is 119 cm³/mol. The van der Waals surface area contributed by atoms with E-state index in [-0.39, 0.29) is 17.6 Å². The topological polar surface area (TPSA) is 80.3 Å². The molecule has 31 heavy (non-hydrogen) atoms. The maximum Gasteiger partial charge on any atom is 0.236 e. The van der Waals surface area contributed by atoms with Gasteiger partial charge in [-0.25, -0.2) is 9.37 Å². The summed E-state index contributed by atoms with van der Waals surface area (Å²) in [6.07, 6.45) is 1.04. The number of aromatic nitrogens is 1. The molecule has 2 aromatic carbocycles. The summed E-state index contributed by atoms with van der Waals surface area (Å²) in [7, 11) is 0. The van der Waals surface area contributed by atoms with Crippen molar-refractivity contribution in [1.29, 1.82) is 0 Å². The van der Waals surface area contributed by atoms with Crippen LogP contribution in [0.1, 0.15) is 25.3 Å². The zero-order valence-electron chi connectivity index (χ0n) is 17.0. The van der Waals surface area contributed by atoms with Gasteiger partial charge in [-0.1, -0.05) is 24.3 Å². The summed E-state index contributed by atoms with van der Waals surface area (Å²) < 4.78 is 18.9. The summed E-state index contributed by atoms with van der Waals surface area (Å²) in [5.74, 6) is -0.626. The minimum Gasteiger partial charge on any atom is -0.381 e. The molecule has 0 atom stereocenters. The first-order valence-electron chi connectivity index (χ1n) is 9.95. The van der Waals surface area contributed by atoms with E-state index < -0.39 is 5.41 Å². The van der Waals surface area contributed by atoms with Crippen molar-refractivity contribution in [3.05, 3.63) is 65.3 Å². The van der Waals surface area contributed by atoms with Gasteiger partial charge in [0.15, 0.2) is 5.13 Å². The van der Waals surface area contributed by atoms with Crippen LogP contribution < -0.4 is 10.6 Å². The van der Waals surface area contributed by atoms with Gasteiger partial charge in [-0.15, -0.1) is 11.3 Å². The molecular weight excluding hydrogens is 417 g/mol. The van der Waals surface area contributed by atoms with E-state index in [9.17, 15) is 14.0 Å². The Hall–Kier alpha value is -3.10. The molecule has 1 aliphatic heterocycles. The molecule has 8 heteroatoms. The molecule has 0 saturated carbocycles. The Bertz CT molecular complexity index is 1070. The fraction of sp³-hybridized carbons (Fsp3) is 0.261. The second-order valence-corrected chi connectivity index (χ2v) is 8.31. The summed E-state index contributed by atoms with van der Waals surface area (Å²) in [6.45, 7) is 2.39. The van der Waals surface area contributed by atoms with Crippen LogP contribution in [-0.4, -0.2) is 30.0 Å². The Balaban J connectivity index is 1.53. The smallest absolute Gasteiger partial charge is 0.236 e. The molecule has 0 radical (unpaired) electrons. The molecule has 0 spiro atoms. The molecule has 0 bridgehead atoms. The normalized spacial score (nSPS) is 15.3. The number of benzene rings is 2. The fourth-order valence-electron chi connectivity index (χ4n) is 3.74. The Kier molecular flexibility index (Phi) is 6.11. The zero-order valence-corrected chi connectivity index (χ0v) is 17.8. The molecule has 1 aliphatic rings. The molecule has 1 saturated heterocycles. The van der Waals surface area contributed by atoms with Gasteiger partial charge in [0, 0.05) is 36.8 Å². The summed E-state index contributed by atoms with van der Waals surface area (Å²) >= 11 is 1.34. The molecule has 2 N–H and O–H groups in total. The molecule has 2 amide bonds. The first-order chi connectivity index (χ1) is 15.0. The summed E-state index contributed by atoms with van der Waals surface area (Å²) in [4.78, 5) is 29.0. The third kappa shape index (κ3) is 4.65. The molecule has 6 nitrogen and oxygen atoms in total. The van der Waals surface area contributed by atoms with Crippen LogP contribution in [0.4, 0.5) is 15.2 Å². The lowest BCUT2D eigenvalue weighted by atomic mass is 9.73. The van der Waals surface area contributed by atoms with E-state index in [0.717, 1.165) is 16.8 Å². The average Bonchev–Trinajstić information content (AvgIpc) is 3.23. The number of rotatable bonds is 5. The van der Waals surface area contributed by atoms with Crippen LogP contribution in [-0.2, 0) is 19.7 Å². The summed E-state index contributed by atoms with van der Waals surface area (Å²) in [5.41, 5.74) is 2.32. The number of carbonyl (C=O) groups is 2. The van der Waals surface area contributed by atoms with Gasteiger partial charge in [0.1, 0.15) is 5.82 Å². The van der Waals surface area contributed by atoms with Crippen molar-refractivity contribution in [2.75, 3.05) is 23.8 Å². The number of hydrogen-bond acceptors (Lipinski definition) is 5. The highest BCUT2D eigenvalue weighted by molar-refractivity contribution is 7.14. The van der Waals surface area contributed by atoms with Crippen molar-refractivity contribution in [2.24, 2.45) is 0 Å². The molecule has 2 heterocycles. The SMILES string of the molecule is CC(=O)Nc1ccc(-c2csc(NC(=O)C3(c4ccc(F)cc4)CCOCC3)n2)cc1. The minimum atomic E-state index is -0.780. The molecule has 4 rings (SSSR count). The van der Waals surface area contributed by atoms with E-state index in [0.29, 0.717) is 36.9 Å². The zero-order chi connectivity index (χ0) is 21.8. The molecule has 3 aromatic rings. The van der Waals surface area contributed by atoms with Gasteiger partial charge >= 0.3 is 0 Å². The van der Waals surface area contributed by atoms with Gasteiger partial charge < -0.3 is 15.4 Å². The molecule has 0 unspecified atom stereocenters. The van der Waals surface area contributed by atoms with Crippen LogP contribution >= 0.6 is 11.3 Å². The lowest BCUT2D eigenvalue weighted by Gasteiger charge is -2.36. The number of ether oxygens (including phenoxy) is 1. The molecule has 160 valence electrons. The Morgan fingerprint density at radius 2 is 1.71 bits per heavy atom. The second-order valence-electron chi connectivity index (χ2n) is 7.45. The average molecular weight is 440 g/mol. The predicted octanol–water partition coefficient (Wildman–Crippen LogP) is 4.59. The Morgan fingerprint density at radius 3 is 2.35 bits per heavy atom. The van der Waals surface area contributed by atoms with Crippen molar-refractivity contribution in [3.63, 3.8) is 0 Å². The van der Waals surface area contributed by atoms with Crippen LogP contribution in [0, 0.1) is 5.82 Å². The third-order valence-electron chi connectivity index (χ3n) is 5.40. The lowest BCUT2D eigenvalue weighted by Crippen LogP contribution is -2.44. The van der Waals surface area contributed by atoms with Crippen molar-refractivity contribution in [3.8, 4) is 11.3 Å². The number of amides is 2. The molecule has 1 fully saturated rings. The van der Waals surface area contributed by atoms with E-state index in [1.807, 2.05) is 17.5 Å². The lowest BCUT2D eigenvalue weighted by molar-refractivity contribution is -0.125. The number of carbonyl (C=O) groups excluding carboxylic acids is 2. The standard InChI is InChI=1S/C23H22FN3O3S/c1-15(28)25-19-8-2-16(3-9-19)20-14-31-22(26-20)27-21(29)23(10-12-30-13-11-23)17-4-6-18(24)7-5-17/h2-9,14H,10-13H2,1H3,(H,25,28)(H,26,27,29). The van der Waals surface area contributed by atoms with E-state index >= 15 is 0 Å². The highest BCUT2D eigenvalue weighted by Gasteiger charge is 2.42. The van der Waals surface area contributed by atoms with E-state index in [1.54, 1.807) is 24.3 Å². The van der Waals surface area contributed by atoms with Crippen molar-refractivity contribution >= 4 is 34.0 Å². The Morgan fingerprint density at radius 1 is 1.03 bits per heavy atom. The second kappa shape index (κ2) is 8.95. The van der Waals surface area contributed by atoms with Crippen LogP contribution in [0.15, 0.2) is 53.9 Å². The van der Waals surface area contributed by atoms with E-state index in [2.05, 4.69) is 15.6 Å². The fourth-order valence-corrected chi connectivity index (χ4v) is 4.46. The van der Waals surface area contributed by atoms with Gasteiger partial charge in [0.25, 0.3) is 0 Å². The van der Waals surface area contributed by atoms with Crippen molar-refractivity contribution in [1.82, 2.24) is 4.98 Å². The monoisotopic (exact) mass is 439 g/mol. The van der Waals surface area contributed by atoms with Crippen LogP contribution in [0.25, 0.3) is 11.3 Å². The minimum absolute atomic E-state index is 0.130. The highest BCUT2D eigenvalue weighted by Crippen LogP contribution is 2.37. The number of halogens is 1. The van der Waals surface area contributed by atoms with Crippen molar-refractivity contribution in [2.45, 2.75) is 25.2 Å². The molecule has 1 aromatic heterocycles. The molecular formula is C23H22FN3O3S. The van der Waals surface area contributed by atoms with E-state index in [4.69, 9.17) is 4.74 Å². The third-order valence-corrected chi connectivity index (χ3v) is 6.16. The van der Waals surface area contributed by atoms with Crippen molar-refractivity contribution < 1.29 is 18.7 Å². The summed E-state index contributed by atoms with van der Waals surface area (Å²) in [6, 6.07) is 13.4. The van der Waals surface area contributed by atoms with Crippen LogP contribution in [0.3, 0.4) is 0 Å². The van der Waals surface area contributed by atoms with Gasteiger partial charge in [0.05, 0.1) is 11.1 Å². The highest BCUT2D eigenvalue weighted by atomic mass is 32.1. The van der Waals surface area contributed by atoms with Crippen LogP contribution in [0.2, 0.25) is 0 Å². The number of hydrogen-bond donors (Lipinski definition) is 2. The van der Waals surface area contributed by atoms with Crippen LogP contribution in [0.5, 0.6) is 0 Å². The maximum atomic E-state index is 13.4. The van der Waals surface area contributed by atoms with Gasteiger partial charge in [-0.05, 0) is 42.7 Å². The quantitative estimate of drug-likeness (QED) is 0.609. The van der Waals surface area contributed by atoms with Gasteiger partial charge in [-0.2, -0.15) is 0 Å². The number of nitrogens with one attached hydrogen (secondary N) is 2. The first kappa shape index (κ1) is 21.1. The first-order valence-corrected chi connectivity index (χ1v) is 10.8. The van der Waals surface area contributed by atoms with Gasteiger partial charge in [-0.3, -0.25) is 9.59 Å². The maximum absolute atomic E-state index is 13.4. The number of anilines is 2. The summed E-state index contributed by atoms with van der Waals surface area (Å²) in [5, 5.41) is 8.05. The number of nitrogens with zero attached hydrogens (tertiary/aromatic N) is 1. The van der Waals surface area contributed by atoms with Gasteiger partial charge in [0.2, 0.25) is 11.8 Å². The number of thiazole rings is 1. The Labute approximate surface area is 183 Å².